The number of rotatable bonds is 4. The van der Waals surface area contributed by atoms with Crippen molar-refractivity contribution >= 4 is 75.1 Å². The molecule has 3 heterocycles. The second-order valence-electron chi connectivity index (χ2n) is 12.6. The smallest absolute Gasteiger partial charge is 0.143 e. The summed E-state index contributed by atoms with van der Waals surface area (Å²) >= 11 is 1.41. The van der Waals surface area contributed by atoms with E-state index in [4.69, 9.17) is 16.8 Å². The summed E-state index contributed by atoms with van der Waals surface area (Å²) in [6.45, 7) is 0. The fourth-order valence-corrected chi connectivity index (χ4v) is 8.18. The lowest BCUT2D eigenvalue weighted by molar-refractivity contribution is 0.670. The molecule has 52 heavy (non-hydrogen) atoms. The van der Waals surface area contributed by atoms with E-state index in [1.54, 1.807) is 0 Å². The van der Waals surface area contributed by atoms with Crippen molar-refractivity contribution in [2.24, 2.45) is 0 Å². The monoisotopic (exact) mass is 690 g/mol. The van der Waals surface area contributed by atoms with Gasteiger partial charge in [0.2, 0.25) is 0 Å². The Bertz CT molecular complexity index is 3790. The molecule has 0 aliphatic rings. The third-order valence-electron chi connectivity index (χ3n) is 9.61. The van der Waals surface area contributed by atoms with Gasteiger partial charge in [0, 0.05) is 32.0 Å². The molecule has 0 saturated carbocycles. The fraction of sp³-hybridized carbons (Fsp3) is 0. The van der Waals surface area contributed by atoms with Gasteiger partial charge in [0.25, 0.3) is 0 Å². The number of aromatic nitrogens is 2. The number of thiophene rings is 1. The van der Waals surface area contributed by atoms with Crippen LogP contribution in [-0.4, -0.2) is 9.97 Å². The van der Waals surface area contributed by atoms with Crippen LogP contribution < -0.4 is 0 Å². The molecule has 0 fully saturated rings. The predicted molar refractivity (Wildman–Crippen MR) is 219 cm³/mol. The van der Waals surface area contributed by atoms with E-state index in [-0.39, 0.29) is 62.5 Å². The molecule has 11 aromatic rings. The molecule has 3 aromatic heterocycles. The summed E-state index contributed by atoms with van der Waals surface area (Å²) in [4.78, 5) is 9.25. The highest BCUT2D eigenvalue weighted by Crippen LogP contribution is 2.42. The average Bonchev–Trinajstić information content (AvgIpc) is 3.87. The molecular formula is C48H28N2OS. The van der Waals surface area contributed by atoms with Gasteiger partial charge in [0.15, 0.2) is 0 Å². The molecule has 0 amide bonds. The second-order valence-corrected chi connectivity index (χ2v) is 13.7. The quantitative estimate of drug-likeness (QED) is 0.184. The standard InChI is InChI=1S/C48H28N2OS/c1-2-8-30-23-31(16-15-29(30)7-1)32-17-18-34-25-35(20-19-33(34)24-32)36-21-22-44-42(27-36)46-48(52-44)45(49-28-50-46)38-10-5-9-37(26-38)39-12-6-13-41-40-11-3-4-14-43(40)51-47(39)41/h1-28H/i3D,4D,6D,9D,10D,11D,12D,13D,14D,26D. The van der Waals surface area contributed by atoms with Crippen molar-refractivity contribution in [3.05, 3.63) is 170 Å². The van der Waals surface area contributed by atoms with Crippen molar-refractivity contribution < 1.29 is 18.1 Å². The normalized spacial score (nSPS) is 14.5. The van der Waals surface area contributed by atoms with Gasteiger partial charge in [-0.25, -0.2) is 9.97 Å². The Morgan fingerprint density at radius 2 is 1.19 bits per heavy atom. The van der Waals surface area contributed by atoms with E-state index in [0.717, 1.165) is 43.1 Å². The molecule has 4 heteroatoms. The van der Waals surface area contributed by atoms with Gasteiger partial charge in [-0.1, -0.05) is 121 Å². The van der Waals surface area contributed by atoms with Crippen LogP contribution in [0.5, 0.6) is 0 Å². The zero-order valence-electron chi connectivity index (χ0n) is 37.1. The minimum atomic E-state index is -0.570. The average molecular weight is 691 g/mol. The zero-order valence-corrected chi connectivity index (χ0v) is 27.9. The largest absolute Gasteiger partial charge is 0.455 e. The lowest BCUT2D eigenvalue weighted by atomic mass is 9.96. The Labute approximate surface area is 317 Å². The van der Waals surface area contributed by atoms with Crippen molar-refractivity contribution in [1.82, 2.24) is 9.97 Å². The van der Waals surface area contributed by atoms with E-state index in [9.17, 15) is 1.37 Å². The number of para-hydroxylation sites is 2. The van der Waals surface area contributed by atoms with E-state index in [1.807, 2.05) is 12.1 Å². The van der Waals surface area contributed by atoms with Crippen molar-refractivity contribution in [2.75, 3.05) is 0 Å². The summed E-state index contributed by atoms with van der Waals surface area (Å²) in [5.74, 6) is 0. The van der Waals surface area contributed by atoms with Crippen LogP contribution in [0, 0.1) is 0 Å². The van der Waals surface area contributed by atoms with Gasteiger partial charge in [-0.05, 0) is 91.8 Å². The van der Waals surface area contributed by atoms with E-state index in [0.29, 0.717) is 10.2 Å². The van der Waals surface area contributed by atoms with E-state index < -0.39 is 42.3 Å². The molecule has 0 bridgehead atoms. The third-order valence-corrected chi connectivity index (χ3v) is 10.8. The Morgan fingerprint density at radius 1 is 0.519 bits per heavy atom. The van der Waals surface area contributed by atoms with Crippen LogP contribution in [0.25, 0.3) is 108 Å². The number of furan rings is 1. The SMILES string of the molecule is [2H]c1cc([2H])c(-c2ncnc3c2sc2ccc(-c4ccc5cc(-c6ccc7ccccc7c6)ccc5c4)cc23)c([2H])c1-c1c([2H])c([2H])c([2H])c2c1oc1c([2H])c([2H])c([2H])c([2H])c12. The number of hydrogen-bond acceptors (Lipinski definition) is 4. The third kappa shape index (κ3) is 4.65. The van der Waals surface area contributed by atoms with Crippen LogP contribution in [0.2, 0.25) is 0 Å². The molecule has 11 rings (SSSR count). The summed E-state index contributed by atoms with van der Waals surface area (Å²) in [6, 6.07) is 30.6. The first-order valence-corrected chi connectivity index (χ1v) is 17.5. The molecule has 8 aromatic carbocycles. The molecule has 0 unspecified atom stereocenters. The summed E-state index contributed by atoms with van der Waals surface area (Å²) in [5.41, 5.74) is 4.40. The predicted octanol–water partition coefficient (Wildman–Crippen LogP) is 13.7. The van der Waals surface area contributed by atoms with Gasteiger partial charge in [0.1, 0.15) is 17.5 Å². The van der Waals surface area contributed by atoms with Crippen molar-refractivity contribution in [1.29, 1.82) is 0 Å². The molecule has 0 N–H and O–H groups in total. The van der Waals surface area contributed by atoms with Crippen LogP contribution in [0.4, 0.5) is 0 Å². The highest BCUT2D eigenvalue weighted by atomic mass is 32.1. The molecule has 242 valence electrons. The van der Waals surface area contributed by atoms with Crippen LogP contribution >= 0.6 is 11.3 Å². The summed E-state index contributed by atoms with van der Waals surface area (Å²) in [5, 5.41) is 5.22. The fourth-order valence-electron chi connectivity index (χ4n) is 7.05. The Balaban J connectivity index is 1.03. The van der Waals surface area contributed by atoms with Crippen LogP contribution in [0.3, 0.4) is 0 Å². The van der Waals surface area contributed by atoms with Gasteiger partial charge in [0.05, 0.1) is 29.6 Å². The maximum absolute atomic E-state index is 9.54. The highest BCUT2D eigenvalue weighted by Gasteiger charge is 2.17. The van der Waals surface area contributed by atoms with Gasteiger partial charge in [-0.3, -0.25) is 0 Å². The lowest BCUT2D eigenvalue weighted by Crippen LogP contribution is -1.87. The minimum Gasteiger partial charge on any atom is -0.455 e. The van der Waals surface area contributed by atoms with E-state index in [1.165, 1.54) is 34.5 Å². The first kappa shape index (κ1) is 20.9. The molecule has 0 spiro atoms. The van der Waals surface area contributed by atoms with Crippen LogP contribution in [-0.2, 0) is 0 Å². The van der Waals surface area contributed by atoms with Gasteiger partial charge in [-0.15, -0.1) is 11.3 Å². The van der Waals surface area contributed by atoms with Gasteiger partial charge >= 0.3 is 0 Å². The molecule has 3 nitrogen and oxygen atoms in total. The topological polar surface area (TPSA) is 38.9 Å². The maximum Gasteiger partial charge on any atom is 0.143 e. The Kier molecular flexibility index (Phi) is 4.61. The van der Waals surface area contributed by atoms with Crippen LogP contribution in [0.15, 0.2) is 174 Å². The van der Waals surface area contributed by atoms with E-state index >= 15 is 0 Å². The number of fused-ring (bicyclic) bond motifs is 8. The van der Waals surface area contributed by atoms with Gasteiger partial charge in [-0.2, -0.15) is 0 Å². The first-order valence-electron chi connectivity index (χ1n) is 21.6. The molecule has 0 radical (unpaired) electrons. The molecule has 0 saturated heterocycles. The van der Waals surface area contributed by atoms with E-state index in [2.05, 4.69) is 94.9 Å². The number of hydrogen-bond donors (Lipinski definition) is 0. The summed E-state index contributed by atoms with van der Waals surface area (Å²) in [7, 11) is 0. The molecular weight excluding hydrogens is 653 g/mol. The lowest BCUT2D eigenvalue weighted by Gasteiger charge is -2.08. The maximum atomic E-state index is 9.54. The number of benzene rings is 8. The van der Waals surface area contributed by atoms with Crippen molar-refractivity contribution in [3.8, 4) is 44.6 Å². The highest BCUT2D eigenvalue weighted by molar-refractivity contribution is 7.26. The molecule has 0 aliphatic heterocycles. The van der Waals surface area contributed by atoms with Crippen LogP contribution in [0.1, 0.15) is 13.7 Å². The summed E-state index contributed by atoms with van der Waals surface area (Å²) < 4.78 is 95.0. The first-order chi connectivity index (χ1) is 29.9. The molecule has 0 atom stereocenters. The minimum absolute atomic E-state index is 0.0576. The summed E-state index contributed by atoms with van der Waals surface area (Å²) in [6.07, 6.45) is 1.37. The van der Waals surface area contributed by atoms with Crippen molar-refractivity contribution in [3.63, 3.8) is 0 Å². The zero-order chi connectivity index (χ0) is 42.9. The number of nitrogens with zero attached hydrogens (tertiary/aromatic N) is 2. The Morgan fingerprint density at radius 3 is 2.02 bits per heavy atom. The molecule has 0 aliphatic carbocycles. The second kappa shape index (κ2) is 11.5. The van der Waals surface area contributed by atoms with Gasteiger partial charge < -0.3 is 4.42 Å². The van der Waals surface area contributed by atoms with Crippen molar-refractivity contribution in [2.45, 2.75) is 0 Å². The Hall–Kier alpha value is -6.62.